The lowest BCUT2D eigenvalue weighted by molar-refractivity contribution is 0.897. The number of nitrogens with zero attached hydrogens (tertiary/aromatic N) is 3. The molecule has 18 heavy (non-hydrogen) atoms. The van der Waals surface area contributed by atoms with Gasteiger partial charge in [0.25, 0.3) is 5.56 Å². The Labute approximate surface area is 107 Å². The third kappa shape index (κ3) is 2.08. The first-order valence-corrected chi connectivity index (χ1v) is 6.27. The average molecular weight is 255 g/mol. The molecule has 0 atom stereocenters. The molecule has 0 saturated heterocycles. The molecule has 0 aliphatic carbocycles. The largest absolute Gasteiger partial charge is 0.275 e. The van der Waals surface area contributed by atoms with Gasteiger partial charge in [-0.05, 0) is 11.6 Å². The van der Waals surface area contributed by atoms with Gasteiger partial charge >= 0.3 is 0 Å². The fourth-order valence-corrected chi connectivity index (χ4v) is 2.23. The monoisotopic (exact) mass is 255 g/mol. The number of benzene rings is 1. The molecule has 1 aromatic carbocycles. The van der Waals surface area contributed by atoms with Crippen LogP contribution in [0.2, 0.25) is 0 Å². The third-order valence-electron chi connectivity index (χ3n) is 2.45. The van der Waals surface area contributed by atoms with Gasteiger partial charge in [-0.2, -0.15) is 9.61 Å². The normalized spacial score (nSPS) is 11.3. The Morgan fingerprint density at radius 3 is 2.83 bits per heavy atom. The van der Waals surface area contributed by atoms with Crippen LogP contribution in [0.4, 0.5) is 0 Å². The zero-order valence-corrected chi connectivity index (χ0v) is 10.2. The summed E-state index contributed by atoms with van der Waals surface area (Å²) in [5, 5.41) is 3.91. The molecule has 0 spiro atoms. The maximum Gasteiger partial charge on any atom is 0.275 e. The fraction of sp³-hybridized carbons (Fsp3) is 0. The van der Waals surface area contributed by atoms with Crippen molar-refractivity contribution in [2.75, 3.05) is 0 Å². The average Bonchev–Trinajstić information content (AvgIpc) is 2.86. The summed E-state index contributed by atoms with van der Waals surface area (Å²) in [5.74, 6) is 0. The Bertz CT molecular complexity index is 759. The summed E-state index contributed by atoms with van der Waals surface area (Å²) in [4.78, 5) is 16.7. The molecule has 3 rings (SSSR count). The van der Waals surface area contributed by atoms with E-state index in [2.05, 4.69) is 10.1 Å². The quantitative estimate of drug-likeness (QED) is 0.706. The molecule has 4 nitrogen and oxygen atoms in total. The van der Waals surface area contributed by atoms with E-state index >= 15 is 0 Å². The van der Waals surface area contributed by atoms with Crippen LogP contribution in [0.15, 0.2) is 46.7 Å². The molecule has 2 heterocycles. The van der Waals surface area contributed by atoms with Crippen molar-refractivity contribution in [3.05, 3.63) is 63.5 Å². The van der Waals surface area contributed by atoms with E-state index in [0.29, 0.717) is 10.7 Å². The van der Waals surface area contributed by atoms with Crippen molar-refractivity contribution in [1.29, 1.82) is 0 Å². The molecule has 0 fully saturated rings. The van der Waals surface area contributed by atoms with Crippen LogP contribution in [-0.4, -0.2) is 14.6 Å². The van der Waals surface area contributed by atoms with Crippen LogP contribution in [0.1, 0.15) is 11.3 Å². The van der Waals surface area contributed by atoms with Crippen LogP contribution in [0.3, 0.4) is 0 Å². The summed E-state index contributed by atoms with van der Waals surface area (Å²) in [6.07, 6.45) is 3.76. The van der Waals surface area contributed by atoms with Crippen molar-refractivity contribution in [3.63, 3.8) is 0 Å². The molecule has 0 unspecified atom stereocenters. The summed E-state index contributed by atoms with van der Waals surface area (Å²) < 4.78 is 1.30. The van der Waals surface area contributed by atoms with Gasteiger partial charge in [0.2, 0.25) is 4.96 Å². The van der Waals surface area contributed by atoms with Crippen molar-refractivity contribution in [3.8, 4) is 0 Å². The van der Waals surface area contributed by atoms with Crippen LogP contribution >= 0.6 is 11.3 Å². The van der Waals surface area contributed by atoms with Crippen molar-refractivity contribution in [2.45, 2.75) is 0 Å². The van der Waals surface area contributed by atoms with Crippen molar-refractivity contribution in [1.82, 2.24) is 14.6 Å². The van der Waals surface area contributed by atoms with Crippen LogP contribution < -0.4 is 5.56 Å². The van der Waals surface area contributed by atoms with Gasteiger partial charge in [-0.1, -0.05) is 47.7 Å². The smallest absolute Gasteiger partial charge is 0.267 e. The second-order valence-corrected chi connectivity index (χ2v) is 4.51. The van der Waals surface area contributed by atoms with E-state index in [1.54, 1.807) is 5.51 Å². The van der Waals surface area contributed by atoms with Crippen LogP contribution in [-0.2, 0) is 0 Å². The first-order chi connectivity index (χ1) is 8.83. The van der Waals surface area contributed by atoms with Crippen molar-refractivity contribution in [2.24, 2.45) is 0 Å². The number of hydrogen-bond acceptors (Lipinski definition) is 4. The first kappa shape index (κ1) is 10.9. The Morgan fingerprint density at radius 1 is 1.17 bits per heavy atom. The molecule has 5 heteroatoms. The molecular weight excluding hydrogens is 246 g/mol. The van der Waals surface area contributed by atoms with Gasteiger partial charge in [-0.15, -0.1) is 0 Å². The molecule has 0 aliphatic rings. The van der Waals surface area contributed by atoms with E-state index in [0.717, 1.165) is 5.56 Å². The number of hydrogen-bond donors (Lipinski definition) is 0. The van der Waals surface area contributed by atoms with Crippen LogP contribution in [0.25, 0.3) is 17.1 Å². The van der Waals surface area contributed by atoms with Crippen molar-refractivity contribution < 1.29 is 0 Å². The highest BCUT2D eigenvalue weighted by atomic mass is 32.1. The van der Waals surface area contributed by atoms with Gasteiger partial charge in [0, 0.05) is 6.07 Å². The number of rotatable bonds is 2. The van der Waals surface area contributed by atoms with E-state index in [9.17, 15) is 4.79 Å². The highest BCUT2D eigenvalue weighted by Gasteiger charge is 2.01. The predicted molar refractivity (Wildman–Crippen MR) is 72.5 cm³/mol. The number of aromatic nitrogens is 3. The highest BCUT2D eigenvalue weighted by molar-refractivity contribution is 7.14. The Balaban J connectivity index is 2.00. The van der Waals surface area contributed by atoms with Crippen molar-refractivity contribution >= 4 is 28.4 Å². The lowest BCUT2D eigenvalue weighted by Gasteiger charge is -1.94. The summed E-state index contributed by atoms with van der Waals surface area (Å²) in [7, 11) is 0. The van der Waals surface area contributed by atoms with E-state index in [1.807, 2.05) is 42.5 Å². The maximum absolute atomic E-state index is 11.7. The van der Waals surface area contributed by atoms with Gasteiger partial charge in [-0.25, -0.2) is 4.98 Å². The lowest BCUT2D eigenvalue weighted by atomic mass is 10.2. The van der Waals surface area contributed by atoms with E-state index in [-0.39, 0.29) is 5.56 Å². The Hall–Kier alpha value is -2.27. The molecule has 2 aromatic heterocycles. The molecule has 88 valence electrons. The molecule has 0 bridgehead atoms. The molecule has 0 radical (unpaired) electrons. The predicted octanol–water partition coefficient (Wildman–Crippen LogP) is 2.32. The minimum absolute atomic E-state index is 0.158. The second kappa shape index (κ2) is 4.54. The SMILES string of the molecule is O=c1cc(C=Cc2ccccc2)nc2scnn12. The molecule has 0 N–H and O–H groups in total. The van der Waals surface area contributed by atoms with E-state index < -0.39 is 0 Å². The molecule has 3 aromatic rings. The Kier molecular flexibility index (Phi) is 2.74. The second-order valence-electron chi connectivity index (χ2n) is 3.70. The van der Waals surface area contributed by atoms with Gasteiger partial charge in [0.1, 0.15) is 5.51 Å². The zero-order valence-electron chi connectivity index (χ0n) is 9.35. The summed E-state index contributed by atoms with van der Waals surface area (Å²) >= 11 is 1.34. The van der Waals surface area contributed by atoms with Gasteiger partial charge in [0.05, 0.1) is 5.69 Å². The molecule has 0 saturated carbocycles. The molecular formula is C13H9N3OS. The standard InChI is InChI=1S/C13H9N3OS/c17-12-8-11(15-13-16(12)14-9-18-13)7-6-10-4-2-1-3-5-10/h1-9H. The third-order valence-corrected chi connectivity index (χ3v) is 3.13. The summed E-state index contributed by atoms with van der Waals surface area (Å²) in [6, 6.07) is 11.4. The fourth-order valence-electron chi connectivity index (χ4n) is 1.60. The van der Waals surface area contributed by atoms with E-state index in [1.165, 1.54) is 21.9 Å². The van der Waals surface area contributed by atoms with Gasteiger partial charge in [0.15, 0.2) is 0 Å². The van der Waals surface area contributed by atoms with E-state index in [4.69, 9.17) is 0 Å². The highest BCUT2D eigenvalue weighted by Crippen LogP contribution is 2.08. The minimum Gasteiger partial charge on any atom is -0.267 e. The minimum atomic E-state index is -0.158. The first-order valence-electron chi connectivity index (χ1n) is 5.40. The van der Waals surface area contributed by atoms with Crippen LogP contribution in [0, 0.1) is 0 Å². The van der Waals surface area contributed by atoms with Gasteiger partial charge < -0.3 is 0 Å². The van der Waals surface area contributed by atoms with Gasteiger partial charge in [-0.3, -0.25) is 4.79 Å². The lowest BCUT2D eigenvalue weighted by Crippen LogP contribution is -2.13. The summed E-state index contributed by atoms with van der Waals surface area (Å²) in [5.41, 5.74) is 3.17. The topological polar surface area (TPSA) is 47.3 Å². The van der Waals surface area contributed by atoms with Crippen LogP contribution in [0.5, 0.6) is 0 Å². The number of fused-ring (bicyclic) bond motifs is 1. The molecule has 0 aliphatic heterocycles. The zero-order chi connectivity index (χ0) is 12.4. The Morgan fingerprint density at radius 2 is 2.00 bits per heavy atom. The molecule has 0 amide bonds. The summed E-state index contributed by atoms with van der Waals surface area (Å²) in [6.45, 7) is 0. The maximum atomic E-state index is 11.7.